The van der Waals surface area contributed by atoms with E-state index in [0.29, 0.717) is 37.0 Å². The van der Waals surface area contributed by atoms with Crippen LogP contribution in [0, 0.1) is 18.3 Å². The van der Waals surface area contributed by atoms with E-state index in [1.165, 1.54) is 0 Å². The summed E-state index contributed by atoms with van der Waals surface area (Å²) in [6.07, 6.45) is 2.37. The van der Waals surface area contributed by atoms with E-state index >= 15 is 0 Å². The summed E-state index contributed by atoms with van der Waals surface area (Å²) >= 11 is 0. The largest absolute Gasteiger partial charge is 0.350 e. The van der Waals surface area contributed by atoms with Gasteiger partial charge in [-0.2, -0.15) is 5.26 Å². The Morgan fingerprint density at radius 2 is 2.22 bits per heavy atom. The van der Waals surface area contributed by atoms with Crippen molar-refractivity contribution in [1.29, 1.82) is 5.26 Å². The Balaban J connectivity index is 1.88. The molecule has 18 heavy (non-hydrogen) atoms. The molecule has 0 aromatic carbocycles. The first-order chi connectivity index (χ1) is 8.72. The van der Waals surface area contributed by atoms with Crippen LogP contribution in [0.1, 0.15) is 17.8 Å². The van der Waals surface area contributed by atoms with Gasteiger partial charge < -0.3 is 14.4 Å². The second kappa shape index (κ2) is 4.19. The van der Waals surface area contributed by atoms with Crippen LogP contribution in [0.3, 0.4) is 0 Å². The first-order valence-corrected chi connectivity index (χ1v) is 5.99. The quantitative estimate of drug-likeness (QED) is 0.723. The van der Waals surface area contributed by atoms with Gasteiger partial charge in [0.25, 0.3) is 0 Å². The number of hydrogen-bond acceptors (Lipinski definition) is 6. The molecule has 2 aliphatic rings. The standard InChI is InChI=1S/C12H14N4O2/c1-9-14-7-10(6-13)11(15-9)16-3-2-12(8-16)17-4-5-18-12/h7H,2-5,8H2,1H3. The number of anilines is 1. The highest BCUT2D eigenvalue weighted by Crippen LogP contribution is 2.33. The fraction of sp³-hybridized carbons (Fsp3) is 0.583. The topological polar surface area (TPSA) is 71.3 Å². The van der Waals surface area contributed by atoms with Crippen LogP contribution in [-0.4, -0.2) is 42.1 Å². The van der Waals surface area contributed by atoms with Gasteiger partial charge in [0, 0.05) is 13.0 Å². The summed E-state index contributed by atoms with van der Waals surface area (Å²) in [6.45, 7) is 4.51. The van der Waals surface area contributed by atoms with E-state index in [0.717, 1.165) is 13.0 Å². The maximum Gasteiger partial charge on any atom is 0.187 e. The van der Waals surface area contributed by atoms with Gasteiger partial charge in [-0.25, -0.2) is 9.97 Å². The molecule has 0 unspecified atom stereocenters. The minimum absolute atomic E-state index is 0.494. The van der Waals surface area contributed by atoms with Crippen molar-refractivity contribution in [3.63, 3.8) is 0 Å². The van der Waals surface area contributed by atoms with Crippen LogP contribution in [-0.2, 0) is 9.47 Å². The van der Waals surface area contributed by atoms with E-state index in [1.807, 2.05) is 11.8 Å². The molecule has 94 valence electrons. The Labute approximate surface area is 105 Å². The minimum atomic E-state index is -0.494. The number of ether oxygens (including phenoxy) is 2. The Morgan fingerprint density at radius 1 is 1.44 bits per heavy atom. The molecule has 1 aromatic heterocycles. The van der Waals surface area contributed by atoms with Crippen molar-refractivity contribution in [2.75, 3.05) is 31.2 Å². The Kier molecular flexibility index (Phi) is 2.65. The lowest BCUT2D eigenvalue weighted by molar-refractivity contribution is -0.137. The SMILES string of the molecule is Cc1ncc(C#N)c(N2CCC3(C2)OCCO3)n1. The molecule has 1 spiro atoms. The Morgan fingerprint density at radius 3 is 2.94 bits per heavy atom. The van der Waals surface area contributed by atoms with Crippen LogP contribution in [0.5, 0.6) is 0 Å². The minimum Gasteiger partial charge on any atom is -0.350 e. The van der Waals surface area contributed by atoms with Gasteiger partial charge in [-0.05, 0) is 6.92 Å². The third-order valence-corrected chi connectivity index (χ3v) is 3.32. The average Bonchev–Trinajstić information content (AvgIpc) is 3.00. The van der Waals surface area contributed by atoms with Crippen molar-refractivity contribution in [2.45, 2.75) is 19.1 Å². The van der Waals surface area contributed by atoms with Gasteiger partial charge in [-0.1, -0.05) is 0 Å². The third kappa shape index (κ3) is 1.82. The van der Waals surface area contributed by atoms with Gasteiger partial charge in [-0.15, -0.1) is 0 Å². The highest BCUT2D eigenvalue weighted by atomic mass is 16.7. The molecule has 0 atom stereocenters. The first-order valence-electron chi connectivity index (χ1n) is 5.99. The van der Waals surface area contributed by atoms with Gasteiger partial charge in [0.15, 0.2) is 5.79 Å². The lowest BCUT2D eigenvalue weighted by atomic mass is 10.2. The molecule has 2 fully saturated rings. The van der Waals surface area contributed by atoms with Crippen molar-refractivity contribution >= 4 is 5.82 Å². The summed E-state index contributed by atoms with van der Waals surface area (Å²) in [4.78, 5) is 10.5. The van der Waals surface area contributed by atoms with Crippen molar-refractivity contribution in [3.8, 4) is 6.07 Å². The van der Waals surface area contributed by atoms with E-state index in [4.69, 9.17) is 14.7 Å². The van der Waals surface area contributed by atoms with Crippen molar-refractivity contribution in [3.05, 3.63) is 17.6 Å². The van der Waals surface area contributed by atoms with E-state index in [1.54, 1.807) is 6.20 Å². The van der Waals surface area contributed by atoms with Gasteiger partial charge in [0.1, 0.15) is 23.3 Å². The van der Waals surface area contributed by atoms with E-state index in [-0.39, 0.29) is 0 Å². The fourth-order valence-electron chi connectivity index (χ4n) is 2.45. The Hall–Kier alpha value is -1.71. The number of nitriles is 1. The van der Waals surface area contributed by atoms with Crippen LogP contribution < -0.4 is 4.90 Å². The first kappa shape index (κ1) is 11.4. The molecule has 2 aliphatic heterocycles. The normalized spacial score (nSPS) is 21.4. The highest BCUT2D eigenvalue weighted by Gasteiger charge is 2.44. The van der Waals surface area contributed by atoms with Crippen LogP contribution >= 0.6 is 0 Å². The zero-order valence-electron chi connectivity index (χ0n) is 10.2. The molecular weight excluding hydrogens is 232 g/mol. The van der Waals surface area contributed by atoms with Crippen LogP contribution in [0.15, 0.2) is 6.20 Å². The predicted molar refractivity (Wildman–Crippen MR) is 62.9 cm³/mol. The number of aryl methyl sites for hydroxylation is 1. The summed E-state index contributed by atoms with van der Waals surface area (Å²) in [5, 5.41) is 9.11. The number of rotatable bonds is 1. The Bertz CT molecular complexity index is 505. The van der Waals surface area contributed by atoms with Gasteiger partial charge >= 0.3 is 0 Å². The summed E-state index contributed by atoms with van der Waals surface area (Å²) in [6, 6.07) is 2.13. The number of hydrogen-bond donors (Lipinski definition) is 0. The molecule has 6 heteroatoms. The molecule has 2 saturated heterocycles. The van der Waals surface area contributed by atoms with Crippen molar-refractivity contribution in [1.82, 2.24) is 9.97 Å². The zero-order valence-corrected chi connectivity index (χ0v) is 10.2. The highest BCUT2D eigenvalue weighted by molar-refractivity contribution is 5.53. The summed E-state index contributed by atoms with van der Waals surface area (Å²) in [5.41, 5.74) is 0.496. The monoisotopic (exact) mass is 246 g/mol. The summed E-state index contributed by atoms with van der Waals surface area (Å²) < 4.78 is 11.3. The summed E-state index contributed by atoms with van der Waals surface area (Å²) in [7, 11) is 0. The molecule has 3 heterocycles. The third-order valence-electron chi connectivity index (χ3n) is 3.32. The van der Waals surface area contributed by atoms with Crippen molar-refractivity contribution < 1.29 is 9.47 Å². The van der Waals surface area contributed by atoms with Crippen LogP contribution in [0.2, 0.25) is 0 Å². The zero-order chi connectivity index (χ0) is 12.6. The lowest BCUT2D eigenvalue weighted by Gasteiger charge is -2.23. The molecule has 0 amide bonds. The molecule has 0 N–H and O–H groups in total. The van der Waals surface area contributed by atoms with E-state index < -0.39 is 5.79 Å². The smallest absolute Gasteiger partial charge is 0.187 e. The van der Waals surface area contributed by atoms with Crippen LogP contribution in [0.25, 0.3) is 0 Å². The second-order valence-electron chi connectivity index (χ2n) is 4.55. The molecule has 0 saturated carbocycles. The van der Waals surface area contributed by atoms with Gasteiger partial charge in [-0.3, -0.25) is 0 Å². The lowest BCUT2D eigenvalue weighted by Crippen LogP contribution is -2.34. The maximum atomic E-state index is 9.11. The molecule has 3 rings (SSSR count). The summed E-state index contributed by atoms with van der Waals surface area (Å²) in [5.74, 6) is 0.852. The van der Waals surface area contributed by atoms with Gasteiger partial charge in [0.2, 0.25) is 0 Å². The van der Waals surface area contributed by atoms with Gasteiger partial charge in [0.05, 0.1) is 26.0 Å². The molecular formula is C12H14N4O2. The average molecular weight is 246 g/mol. The van der Waals surface area contributed by atoms with Crippen LogP contribution in [0.4, 0.5) is 5.82 Å². The van der Waals surface area contributed by atoms with Crippen molar-refractivity contribution in [2.24, 2.45) is 0 Å². The number of nitrogens with zero attached hydrogens (tertiary/aromatic N) is 4. The fourth-order valence-corrected chi connectivity index (χ4v) is 2.45. The second-order valence-corrected chi connectivity index (χ2v) is 4.55. The maximum absolute atomic E-state index is 9.11. The number of aromatic nitrogens is 2. The molecule has 0 radical (unpaired) electrons. The predicted octanol–water partition coefficient (Wildman–Crippen LogP) is 0.610. The van der Waals surface area contributed by atoms with E-state index in [2.05, 4.69) is 16.0 Å². The molecule has 6 nitrogen and oxygen atoms in total. The van der Waals surface area contributed by atoms with E-state index in [9.17, 15) is 0 Å². The molecule has 1 aromatic rings. The molecule has 0 aliphatic carbocycles. The molecule has 0 bridgehead atoms.